The molecule has 0 aromatic heterocycles. The highest BCUT2D eigenvalue weighted by Crippen LogP contribution is 2.13. The van der Waals surface area contributed by atoms with E-state index in [1.807, 2.05) is 24.3 Å². The fraction of sp³-hybridized carbons (Fsp3) is 0.556. The van der Waals surface area contributed by atoms with Gasteiger partial charge in [-0.1, -0.05) is 56.9 Å². The highest BCUT2D eigenvalue weighted by molar-refractivity contribution is 5.26. The molecule has 0 N–H and O–H groups in total. The Morgan fingerprint density at radius 1 is 1.05 bits per heavy atom. The first-order valence-electron chi connectivity index (χ1n) is 7.63. The summed E-state index contributed by atoms with van der Waals surface area (Å²) in [5.41, 5.74) is 2.37. The number of methoxy groups -OCH3 is 1. The van der Waals surface area contributed by atoms with Gasteiger partial charge in [-0.25, -0.2) is 0 Å². The van der Waals surface area contributed by atoms with E-state index in [-0.39, 0.29) is 0 Å². The van der Waals surface area contributed by atoms with Crippen molar-refractivity contribution < 1.29 is 9.47 Å². The van der Waals surface area contributed by atoms with Crippen molar-refractivity contribution in [1.29, 1.82) is 0 Å². The van der Waals surface area contributed by atoms with Crippen LogP contribution >= 0.6 is 0 Å². The van der Waals surface area contributed by atoms with Crippen LogP contribution in [0.1, 0.15) is 51.0 Å². The van der Waals surface area contributed by atoms with Crippen molar-refractivity contribution in [2.45, 2.75) is 52.1 Å². The molecule has 1 aromatic rings. The van der Waals surface area contributed by atoms with Crippen LogP contribution in [0.5, 0.6) is 5.75 Å². The highest BCUT2D eigenvalue weighted by Gasteiger charge is 1.98. The smallest absolute Gasteiger partial charge is 0.118 e. The Bertz CT molecular complexity index is 368. The summed E-state index contributed by atoms with van der Waals surface area (Å²) < 4.78 is 10.8. The Kier molecular flexibility index (Phi) is 8.81. The van der Waals surface area contributed by atoms with Crippen LogP contribution < -0.4 is 4.74 Å². The molecule has 0 atom stereocenters. The summed E-state index contributed by atoms with van der Waals surface area (Å²) in [5.74, 6) is 0.880. The van der Waals surface area contributed by atoms with E-state index in [0.29, 0.717) is 13.2 Å². The third-order valence-electron chi connectivity index (χ3n) is 3.37. The molecule has 0 spiro atoms. The lowest BCUT2D eigenvalue weighted by Crippen LogP contribution is -1.98. The number of ether oxygens (including phenoxy) is 2. The third-order valence-corrected chi connectivity index (χ3v) is 3.37. The summed E-state index contributed by atoms with van der Waals surface area (Å²) >= 11 is 0. The van der Waals surface area contributed by atoms with Crippen molar-refractivity contribution in [3.05, 3.63) is 42.0 Å². The zero-order valence-corrected chi connectivity index (χ0v) is 13.0. The molecule has 1 rings (SSSR count). The van der Waals surface area contributed by atoms with Gasteiger partial charge in [0.2, 0.25) is 0 Å². The SMILES string of the molecule is C=C(CCCCCCC)COCc1ccc(OC)cc1. The molecule has 0 heterocycles. The summed E-state index contributed by atoms with van der Waals surface area (Å²) in [6.07, 6.45) is 7.63. The lowest BCUT2D eigenvalue weighted by Gasteiger charge is -2.08. The van der Waals surface area contributed by atoms with Crippen molar-refractivity contribution in [3.8, 4) is 5.75 Å². The molecule has 0 aliphatic rings. The van der Waals surface area contributed by atoms with Crippen molar-refractivity contribution in [3.63, 3.8) is 0 Å². The van der Waals surface area contributed by atoms with Gasteiger partial charge in [-0.2, -0.15) is 0 Å². The third kappa shape index (κ3) is 7.34. The van der Waals surface area contributed by atoms with Crippen LogP contribution in [0.25, 0.3) is 0 Å². The predicted octanol–water partition coefficient (Wildman–Crippen LogP) is 5.13. The zero-order valence-electron chi connectivity index (χ0n) is 13.0. The Hall–Kier alpha value is -1.28. The molecule has 20 heavy (non-hydrogen) atoms. The first kappa shape index (κ1) is 16.8. The average molecular weight is 276 g/mol. The van der Waals surface area contributed by atoms with Crippen LogP contribution in [0, 0.1) is 0 Å². The molecule has 0 amide bonds. The minimum Gasteiger partial charge on any atom is -0.497 e. The number of hydrogen-bond acceptors (Lipinski definition) is 2. The zero-order chi connectivity index (χ0) is 14.6. The van der Waals surface area contributed by atoms with Gasteiger partial charge in [-0.3, -0.25) is 0 Å². The van der Waals surface area contributed by atoms with E-state index in [1.54, 1.807) is 7.11 Å². The molecule has 0 aliphatic carbocycles. The van der Waals surface area contributed by atoms with E-state index >= 15 is 0 Å². The summed E-state index contributed by atoms with van der Waals surface area (Å²) in [5, 5.41) is 0. The number of unbranched alkanes of at least 4 members (excludes halogenated alkanes) is 4. The molecule has 0 bridgehead atoms. The molecule has 0 fully saturated rings. The van der Waals surface area contributed by atoms with Crippen LogP contribution in [0.3, 0.4) is 0 Å². The van der Waals surface area contributed by atoms with Crippen LogP contribution in [0.4, 0.5) is 0 Å². The molecular weight excluding hydrogens is 248 g/mol. The Balaban J connectivity index is 2.08. The fourth-order valence-corrected chi connectivity index (χ4v) is 2.09. The van der Waals surface area contributed by atoms with Gasteiger partial charge >= 0.3 is 0 Å². The second kappa shape index (κ2) is 10.5. The monoisotopic (exact) mass is 276 g/mol. The van der Waals surface area contributed by atoms with Gasteiger partial charge in [0.25, 0.3) is 0 Å². The standard InChI is InChI=1S/C18H28O2/c1-4-5-6-7-8-9-16(2)14-20-15-17-10-12-18(19-3)13-11-17/h10-13H,2,4-9,14-15H2,1,3H3. The van der Waals surface area contributed by atoms with E-state index in [4.69, 9.17) is 9.47 Å². The van der Waals surface area contributed by atoms with E-state index in [1.165, 1.54) is 43.2 Å². The highest BCUT2D eigenvalue weighted by atomic mass is 16.5. The largest absolute Gasteiger partial charge is 0.497 e. The normalized spacial score (nSPS) is 10.5. The van der Waals surface area contributed by atoms with Gasteiger partial charge in [0.1, 0.15) is 5.75 Å². The lowest BCUT2D eigenvalue weighted by molar-refractivity contribution is 0.140. The minimum absolute atomic E-state index is 0.638. The quantitative estimate of drug-likeness (QED) is 0.412. The van der Waals surface area contributed by atoms with E-state index in [0.717, 1.165) is 12.2 Å². The van der Waals surface area contributed by atoms with Gasteiger partial charge in [-0.05, 0) is 30.5 Å². The summed E-state index contributed by atoms with van der Waals surface area (Å²) in [4.78, 5) is 0. The van der Waals surface area contributed by atoms with E-state index in [2.05, 4.69) is 13.5 Å². The van der Waals surface area contributed by atoms with E-state index < -0.39 is 0 Å². The average Bonchev–Trinajstić information content (AvgIpc) is 2.48. The van der Waals surface area contributed by atoms with Crippen LogP contribution in [0.15, 0.2) is 36.4 Å². The molecule has 112 valence electrons. The summed E-state index contributed by atoms with van der Waals surface area (Å²) in [7, 11) is 1.68. The van der Waals surface area contributed by atoms with Crippen LogP contribution in [-0.2, 0) is 11.3 Å². The van der Waals surface area contributed by atoms with Crippen LogP contribution in [-0.4, -0.2) is 13.7 Å². The number of benzene rings is 1. The number of rotatable bonds is 11. The van der Waals surface area contributed by atoms with Gasteiger partial charge < -0.3 is 9.47 Å². The van der Waals surface area contributed by atoms with Crippen molar-refractivity contribution >= 4 is 0 Å². The molecule has 1 aromatic carbocycles. The van der Waals surface area contributed by atoms with Crippen LogP contribution in [0.2, 0.25) is 0 Å². The predicted molar refractivity (Wildman–Crippen MR) is 85.2 cm³/mol. The Morgan fingerprint density at radius 3 is 2.40 bits per heavy atom. The molecule has 0 radical (unpaired) electrons. The van der Waals surface area contributed by atoms with E-state index in [9.17, 15) is 0 Å². The van der Waals surface area contributed by atoms with Crippen molar-refractivity contribution in [2.24, 2.45) is 0 Å². The maximum absolute atomic E-state index is 5.69. The maximum Gasteiger partial charge on any atom is 0.118 e. The summed E-state index contributed by atoms with van der Waals surface area (Å²) in [6.45, 7) is 7.63. The minimum atomic E-state index is 0.638. The molecule has 2 heteroatoms. The summed E-state index contributed by atoms with van der Waals surface area (Å²) in [6, 6.07) is 7.99. The van der Waals surface area contributed by atoms with Gasteiger partial charge in [0.15, 0.2) is 0 Å². The van der Waals surface area contributed by atoms with Gasteiger partial charge in [-0.15, -0.1) is 0 Å². The fourth-order valence-electron chi connectivity index (χ4n) is 2.09. The molecule has 2 nitrogen and oxygen atoms in total. The Morgan fingerprint density at radius 2 is 1.75 bits per heavy atom. The second-order valence-electron chi connectivity index (χ2n) is 5.26. The topological polar surface area (TPSA) is 18.5 Å². The molecule has 0 unspecified atom stereocenters. The molecular formula is C18H28O2. The lowest BCUT2D eigenvalue weighted by atomic mass is 10.1. The van der Waals surface area contributed by atoms with Gasteiger partial charge in [0.05, 0.1) is 20.3 Å². The Labute approximate surface area is 123 Å². The number of hydrogen-bond donors (Lipinski definition) is 0. The molecule has 0 saturated carbocycles. The molecule has 0 aliphatic heterocycles. The second-order valence-corrected chi connectivity index (χ2v) is 5.26. The molecule has 0 saturated heterocycles. The van der Waals surface area contributed by atoms with Crippen molar-refractivity contribution in [1.82, 2.24) is 0 Å². The van der Waals surface area contributed by atoms with Crippen molar-refractivity contribution in [2.75, 3.05) is 13.7 Å². The first-order valence-corrected chi connectivity index (χ1v) is 7.63. The first-order chi connectivity index (χ1) is 9.76. The van der Waals surface area contributed by atoms with Gasteiger partial charge in [0, 0.05) is 0 Å². The maximum atomic E-state index is 5.69.